The van der Waals surface area contributed by atoms with Gasteiger partial charge < -0.3 is 14.8 Å². The van der Waals surface area contributed by atoms with Crippen LogP contribution in [0.15, 0.2) is 42.5 Å². The standard InChI is InChI=1S/C21H26N2O3S/c1-17-5-6-20(27-17)7-8-21(24)22-16-18-3-2-4-19(15-18)26-14-11-23-9-12-25-13-10-23/h2-8,15H,9-14,16H2,1H3,(H,22,24)/b8-7+. The number of hydrogen-bond acceptors (Lipinski definition) is 5. The predicted molar refractivity (Wildman–Crippen MR) is 109 cm³/mol. The van der Waals surface area contributed by atoms with E-state index in [1.807, 2.05) is 42.5 Å². The molecule has 0 atom stereocenters. The van der Waals surface area contributed by atoms with E-state index in [1.165, 1.54) is 4.88 Å². The average molecular weight is 387 g/mol. The van der Waals surface area contributed by atoms with E-state index in [2.05, 4.69) is 17.1 Å². The monoisotopic (exact) mass is 386 g/mol. The maximum absolute atomic E-state index is 12.0. The molecule has 2 heterocycles. The third kappa shape index (κ3) is 6.82. The summed E-state index contributed by atoms with van der Waals surface area (Å²) in [6.45, 7) is 7.62. The lowest BCUT2D eigenvalue weighted by atomic mass is 10.2. The van der Waals surface area contributed by atoms with Crippen molar-refractivity contribution in [1.29, 1.82) is 0 Å². The molecule has 5 nitrogen and oxygen atoms in total. The van der Waals surface area contributed by atoms with Gasteiger partial charge in [0.05, 0.1) is 13.2 Å². The summed E-state index contributed by atoms with van der Waals surface area (Å²) in [5.74, 6) is 0.735. The van der Waals surface area contributed by atoms with E-state index in [-0.39, 0.29) is 5.91 Å². The molecule has 2 aromatic rings. The van der Waals surface area contributed by atoms with Crippen LogP contribution in [0.4, 0.5) is 0 Å². The topological polar surface area (TPSA) is 50.8 Å². The molecule has 144 valence electrons. The first-order valence-corrected chi connectivity index (χ1v) is 10.0. The lowest BCUT2D eigenvalue weighted by molar-refractivity contribution is -0.116. The van der Waals surface area contributed by atoms with Crippen LogP contribution in [0.3, 0.4) is 0 Å². The summed E-state index contributed by atoms with van der Waals surface area (Å²) in [5.41, 5.74) is 1.02. The number of morpholine rings is 1. The Balaban J connectivity index is 1.41. The quantitative estimate of drug-likeness (QED) is 0.709. The Morgan fingerprint density at radius 2 is 2.15 bits per heavy atom. The second kappa shape index (κ2) is 10.3. The van der Waals surface area contributed by atoms with Gasteiger partial charge in [0.25, 0.3) is 0 Å². The van der Waals surface area contributed by atoms with Crippen molar-refractivity contribution in [2.45, 2.75) is 13.5 Å². The van der Waals surface area contributed by atoms with Crippen molar-refractivity contribution in [3.63, 3.8) is 0 Å². The number of nitrogens with one attached hydrogen (secondary N) is 1. The van der Waals surface area contributed by atoms with E-state index in [0.29, 0.717) is 13.2 Å². The molecule has 1 N–H and O–H groups in total. The van der Waals surface area contributed by atoms with Gasteiger partial charge in [0.15, 0.2) is 0 Å². The third-order valence-corrected chi connectivity index (χ3v) is 5.27. The van der Waals surface area contributed by atoms with Crippen molar-refractivity contribution >= 4 is 23.3 Å². The van der Waals surface area contributed by atoms with Gasteiger partial charge in [-0.05, 0) is 42.8 Å². The lowest BCUT2D eigenvalue weighted by Crippen LogP contribution is -2.38. The van der Waals surface area contributed by atoms with Gasteiger partial charge >= 0.3 is 0 Å². The smallest absolute Gasteiger partial charge is 0.244 e. The van der Waals surface area contributed by atoms with Gasteiger partial charge in [0.1, 0.15) is 12.4 Å². The number of carbonyl (C=O) groups excluding carboxylic acids is 1. The molecule has 0 saturated carbocycles. The second-order valence-electron chi connectivity index (χ2n) is 6.45. The summed E-state index contributed by atoms with van der Waals surface area (Å²) in [6, 6.07) is 11.9. The van der Waals surface area contributed by atoms with Gasteiger partial charge in [-0.15, -0.1) is 11.3 Å². The second-order valence-corrected chi connectivity index (χ2v) is 7.77. The number of hydrogen-bond donors (Lipinski definition) is 1. The Kier molecular flexibility index (Phi) is 7.45. The van der Waals surface area contributed by atoms with Gasteiger partial charge in [-0.25, -0.2) is 0 Å². The summed E-state index contributed by atoms with van der Waals surface area (Å²) < 4.78 is 11.2. The number of aryl methyl sites for hydroxylation is 1. The minimum atomic E-state index is -0.0975. The Bertz CT molecular complexity index is 766. The summed E-state index contributed by atoms with van der Waals surface area (Å²) in [6.07, 6.45) is 3.42. The zero-order chi connectivity index (χ0) is 18.9. The van der Waals surface area contributed by atoms with Crippen LogP contribution in [0.25, 0.3) is 6.08 Å². The minimum Gasteiger partial charge on any atom is -0.492 e. The van der Waals surface area contributed by atoms with Crippen LogP contribution >= 0.6 is 11.3 Å². The summed E-state index contributed by atoms with van der Waals surface area (Å²) in [5, 5.41) is 2.91. The van der Waals surface area contributed by atoms with Crippen LogP contribution in [-0.4, -0.2) is 50.3 Å². The highest BCUT2D eigenvalue weighted by Gasteiger charge is 2.09. The average Bonchev–Trinajstić information content (AvgIpc) is 3.11. The molecule has 0 radical (unpaired) electrons. The number of amides is 1. The zero-order valence-electron chi connectivity index (χ0n) is 15.6. The van der Waals surface area contributed by atoms with Gasteiger partial charge in [-0.2, -0.15) is 0 Å². The number of benzene rings is 1. The highest BCUT2D eigenvalue weighted by atomic mass is 32.1. The molecule has 27 heavy (non-hydrogen) atoms. The highest BCUT2D eigenvalue weighted by molar-refractivity contribution is 7.12. The molecule has 1 saturated heterocycles. The predicted octanol–water partition coefficient (Wildman–Crippen LogP) is 3.10. The van der Waals surface area contributed by atoms with Gasteiger partial charge in [0, 0.05) is 42.0 Å². The van der Waals surface area contributed by atoms with Crippen LogP contribution in [0.1, 0.15) is 15.3 Å². The molecule has 1 fully saturated rings. The van der Waals surface area contributed by atoms with E-state index in [0.717, 1.165) is 49.0 Å². The van der Waals surface area contributed by atoms with E-state index >= 15 is 0 Å². The summed E-state index contributed by atoms with van der Waals surface area (Å²) in [4.78, 5) is 16.6. The number of nitrogens with zero attached hydrogens (tertiary/aromatic N) is 1. The number of ether oxygens (including phenoxy) is 2. The van der Waals surface area contributed by atoms with Crippen molar-refractivity contribution in [3.8, 4) is 5.75 Å². The molecule has 1 aliphatic rings. The van der Waals surface area contributed by atoms with E-state index in [9.17, 15) is 4.79 Å². The Morgan fingerprint density at radius 3 is 2.93 bits per heavy atom. The first kappa shape index (κ1) is 19.6. The van der Waals surface area contributed by atoms with Gasteiger partial charge in [-0.3, -0.25) is 9.69 Å². The Morgan fingerprint density at radius 1 is 1.30 bits per heavy atom. The van der Waals surface area contributed by atoms with Crippen LogP contribution in [-0.2, 0) is 16.1 Å². The highest BCUT2D eigenvalue weighted by Crippen LogP contribution is 2.16. The molecule has 0 unspecified atom stereocenters. The summed E-state index contributed by atoms with van der Waals surface area (Å²) in [7, 11) is 0. The Labute approximate surface area is 164 Å². The molecule has 1 aromatic heterocycles. The van der Waals surface area contributed by atoms with E-state index < -0.39 is 0 Å². The fraction of sp³-hybridized carbons (Fsp3) is 0.381. The van der Waals surface area contributed by atoms with Crippen LogP contribution in [0, 0.1) is 6.92 Å². The molecule has 0 spiro atoms. The molecule has 0 aliphatic carbocycles. The molecule has 0 bridgehead atoms. The number of carbonyl (C=O) groups is 1. The van der Waals surface area contributed by atoms with Crippen molar-refractivity contribution in [3.05, 3.63) is 57.8 Å². The molecular weight excluding hydrogens is 360 g/mol. The molecule has 6 heteroatoms. The van der Waals surface area contributed by atoms with Crippen molar-refractivity contribution < 1.29 is 14.3 Å². The SMILES string of the molecule is Cc1ccc(/C=C/C(=O)NCc2cccc(OCCN3CCOCC3)c2)s1. The minimum absolute atomic E-state index is 0.0975. The van der Waals surface area contributed by atoms with Gasteiger partial charge in [0.2, 0.25) is 5.91 Å². The zero-order valence-corrected chi connectivity index (χ0v) is 16.5. The van der Waals surface area contributed by atoms with Crippen LogP contribution in [0.2, 0.25) is 0 Å². The fourth-order valence-corrected chi connectivity index (χ4v) is 3.59. The number of thiophene rings is 1. The Hall–Kier alpha value is -2.15. The largest absolute Gasteiger partial charge is 0.492 e. The van der Waals surface area contributed by atoms with Crippen LogP contribution in [0.5, 0.6) is 5.75 Å². The van der Waals surface area contributed by atoms with E-state index in [1.54, 1.807) is 17.4 Å². The van der Waals surface area contributed by atoms with Crippen molar-refractivity contribution in [1.82, 2.24) is 10.2 Å². The van der Waals surface area contributed by atoms with E-state index in [4.69, 9.17) is 9.47 Å². The normalized spacial score (nSPS) is 15.1. The third-order valence-electron chi connectivity index (χ3n) is 4.31. The van der Waals surface area contributed by atoms with Gasteiger partial charge in [-0.1, -0.05) is 12.1 Å². The molecule has 1 amide bonds. The molecular formula is C21H26N2O3S. The maximum atomic E-state index is 12.0. The lowest BCUT2D eigenvalue weighted by Gasteiger charge is -2.26. The van der Waals surface area contributed by atoms with Crippen molar-refractivity contribution in [2.75, 3.05) is 39.5 Å². The fourth-order valence-electron chi connectivity index (χ4n) is 2.81. The number of rotatable bonds is 8. The van der Waals surface area contributed by atoms with Crippen LogP contribution < -0.4 is 10.1 Å². The maximum Gasteiger partial charge on any atom is 0.244 e. The van der Waals surface area contributed by atoms with Crippen molar-refractivity contribution in [2.24, 2.45) is 0 Å². The molecule has 3 rings (SSSR count). The molecule has 1 aromatic carbocycles. The molecule has 1 aliphatic heterocycles. The summed E-state index contributed by atoms with van der Waals surface area (Å²) >= 11 is 1.67. The first-order valence-electron chi connectivity index (χ1n) is 9.23. The first-order chi connectivity index (χ1) is 13.2.